The maximum Gasteiger partial charge on any atom is 0.254 e. The van der Waals surface area contributed by atoms with E-state index in [2.05, 4.69) is 20.3 Å². The summed E-state index contributed by atoms with van der Waals surface area (Å²) in [5, 5.41) is 4.33. The molecule has 0 saturated carbocycles. The van der Waals surface area contributed by atoms with E-state index in [1.165, 1.54) is 11.3 Å². The monoisotopic (exact) mass is 385 g/mol. The van der Waals surface area contributed by atoms with Crippen LogP contribution in [0.3, 0.4) is 0 Å². The molecule has 4 rings (SSSR count). The van der Waals surface area contributed by atoms with Crippen molar-refractivity contribution in [2.24, 2.45) is 0 Å². The van der Waals surface area contributed by atoms with E-state index in [0.29, 0.717) is 35.4 Å². The Hall–Kier alpha value is -2.51. The molecule has 0 saturated heterocycles. The maximum absolute atomic E-state index is 12.6. The van der Waals surface area contributed by atoms with Gasteiger partial charge in [0.25, 0.3) is 5.91 Å². The fourth-order valence-electron chi connectivity index (χ4n) is 2.89. The molecule has 8 heteroatoms. The molecule has 1 amide bonds. The van der Waals surface area contributed by atoms with Crippen LogP contribution in [0.25, 0.3) is 0 Å². The molecule has 0 bridgehead atoms. The van der Waals surface area contributed by atoms with Gasteiger partial charge in [-0.15, -0.1) is 0 Å². The molecule has 0 radical (unpaired) electrons. The molecular weight excluding hydrogens is 370 g/mol. The van der Waals surface area contributed by atoms with Crippen LogP contribution in [0.5, 0.6) is 0 Å². The Labute approximate surface area is 159 Å². The number of aromatic nitrogens is 3. The Balaban J connectivity index is 1.51. The van der Waals surface area contributed by atoms with Crippen molar-refractivity contribution in [2.45, 2.75) is 19.9 Å². The highest BCUT2D eigenvalue weighted by Crippen LogP contribution is 2.30. The standard InChI is InChI=1S/C18H16ClN5OS/c1-11-20-15(19)9-16(21-11)23-18-22-13-7-8-24(10-14(13)26-18)17(25)12-5-3-2-4-6-12/h2-6,9H,7-8,10H2,1H3,(H,20,21,22,23). The molecule has 3 heterocycles. The van der Waals surface area contributed by atoms with Crippen LogP contribution in [-0.4, -0.2) is 32.3 Å². The summed E-state index contributed by atoms with van der Waals surface area (Å²) in [7, 11) is 0. The molecule has 0 spiro atoms. The molecule has 1 N–H and O–H groups in total. The largest absolute Gasteiger partial charge is 0.333 e. The van der Waals surface area contributed by atoms with Crippen molar-refractivity contribution in [1.29, 1.82) is 0 Å². The van der Waals surface area contributed by atoms with E-state index >= 15 is 0 Å². The Morgan fingerprint density at radius 2 is 2.04 bits per heavy atom. The first kappa shape index (κ1) is 16.9. The molecule has 2 aromatic heterocycles. The summed E-state index contributed by atoms with van der Waals surface area (Å²) in [6, 6.07) is 11.0. The molecule has 3 aromatic rings. The number of hydrogen-bond donors (Lipinski definition) is 1. The molecule has 1 aliphatic heterocycles. The predicted molar refractivity (Wildman–Crippen MR) is 102 cm³/mol. The Bertz CT molecular complexity index is 939. The first-order chi connectivity index (χ1) is 12.6. The molecule has 1 aromatic carbocycles. The third kappa shape index (κ3) is 3.54. The molecule has 1 aliphatic rings. The second-order valence-corrected chi connectivity index (χ2v) is 7.45. The third-order valence-electron chi connectivity index (χ3n) is 4.08. The number of benzene rings is 1. The summed E-state index contributed by atoms with van der Waals surface area (Å²) in [6.07, 6.45) is 0.746. The summed E-state index contributed by atoms with van der Waals surface area (Å²) in [5.74, 6) is 1.27. The van der Waals surface area contributed by atoms with Gasteiger partial charge < -0.3 is 10.2 Å². The third-order valence-corrected chi connectivity index (χ3v) is 5.27. The van der Waals surface area contributed by atoms with Crippen molar-refractivity contribution in [3.05, 3.63) is 63.5 Å². The van der Waals surface area contributed by atoms with Gasteiger partial charge in [0.2, 0.25) is 0 Å². The minimum absolute atomic E-state index is 0.0531. The van der Waals surface area contributed by atoms with E-state index in [-0.39, 0.29) is 5.91 Å². The SMILES string of the molecule is Cc1nc(Cl)cc(Nc2nc3c(s2)CN(C(=O)c2ccccc2)CC3)n1. The zero-order valence-electron chi connectivity index (χ0n) is 14.1. The number of thiazole rings is 1. The number of carbonyl (C=O) groups is 1. The van der Waals surface area contributed by atoms with Crippen LogP contribution in [0.4, 0.5) is 10.9 Å². The molecule has 6 nitrogen and oxygen atoms in total. The van der Waals surface area contributed by atoms with E-state index in [0.717, 1.165) is 22.1 Å². The molecule has 0 atom stereocenters. The fraction of sp³-hybridized carbons (Fsp3) is 0.222. The minimum atomic E-state index is 0.0531. The highest BCUT2D eigenvalue weighted by atomic mass is 35.5. The van der Waals surface area contributed by atoms with Gasteiger partial charge in [0.15, 0.2) is 5.13 Å². The van der Waals surface area contributed by atoms with E-state index in [9.17, 15) is 4.79 Å². The molecule has 0 aliphatic carbocycles. The number of aryl methyl sites for hydroxylation is 1. The van der Waals surface area contributed by atoms with Crippen LogP contribution in [-0.2, 0) is 13.0 Å². The molecular formula is C18H16ClN5OS. The quantitative estimate of drug-likeness (QED) is 0.693. The lowest BCUT2D eigenvalue weighted by atomic mass is 10.1. The highest BCUT2D eigenvalue weighted by Gasteiger charge is 2.25. The van der Waals surface area contributed by atoms with Crippen molar-refractivity contribution in [2.75, 3.05) is 11.9 Å². The van der Waals surface area contributed by atoms with Crippen LogP contribution < -0.4 is 5.32 Å². The van der Waals surface area contributed by atoms with E-state index < -0.39 is 0 Å². The van der Waals surface area contributed by atoms with Crippen LogP contribution >= 0.6 is 22.9 Å². The highest BCUT2D eigenvalue weighted by molar-refractivity contribution is 7.15. The summed E-state index contributed by atoms with van der Waals surface area (Å²) >= 11 is 7.52. The summed E-state index contributed by atoms with van der Waals surface area (Å²) < 4.78 is 0. The van der Waals surface area contributed by atoms with Crippen molar-refractivity contribution in [3.63, 3.8) is 0 Å². The van der Waals surface area contributed by atoms with Gasteiger partial charge in [-0.25, -0.2) is 15.0 Å². The summed E-state index contributed by atoms with van der Waals surface area (Å²) in [6.45, 7) is 3.03. The number of rotatable bonds is 3. The van der Waals surface area contributed by atoms with Crippen molar-refractivity contribution < 1.29 is 4.79 Å². The Kier molecular flexibility index (Phi) is 4.57. The van der Waals surface area contributed by atoms with Gasteiger partial charge in [0.1, 0.15) is 16.8 Å². The number of halogens is 1. The average molecular weight is 386 g/mol. The smallest absolute Gasteiger partial charge is 0.254 e. The maximum atomic E-state index is 12.6. The number of anilines is 2. The molecule has 0 unspecified atom stereocenters. The number of carbonyl (C=O) groups excluding carboxylic acids is 1. The Morgan fingerprint density at radius 1 is 1.23 bits per heavy atom. The van der Waals surface area contributed by atoms with Gasteiger partial charge >= 0.3 is 0 Å². The van der Waals surface area contributed by atoms with Crippen LogP contribution in [0.15, 0.2) is 36.4 Å². The summed E-state index contributed by atoms with van der Waals surface area (Å²) in [5.41, 5.74) is 1.75. The summed E-state index contributed by atoms with van der Waals surface area (Å²) in [4.78, 5) is 28.6. The first-order valence-electron chi connectivity index (χ1n) is 8.19. The normalized spacial score (nSPS) is 13.4. The van der Waals surface area contributed by atoms with Gasteiger partial charge in [-0.1, -0.05) is 41.1 Å². The van der Waals surface area contributed by atoms with Crippen LogP contribution in [0.1, 0.15) is 26.8 Å². The second-order valence-electron chi connectivity index (χ2n) is 5.98. The zero-order valence-corrected chi connectivity index (χ0v) is 15.6. The van der Waals surface area contributed by atoms with Crippen molar-refractivity contribution in [3.8, 4) is 0 Å². The topological polar surface area (TPSA) is 71.0 Å². The Morgan fingerprint density at radius 3 is 2.81 bits per heavy atom. The minimum Gasteiger partial charge on any atom is -0.333 e. The van der Waals surface area contributed by atoms with Gasteiger partial charge in [0.05, 0.1) is 12.2 Å². The van der Waals surface area contributed by atoms with Gasteiger partial charge in [-0.3, -0.25) is 4.79 Å². The second kappa shape index (κ2) is 7.01. The molecule has 26 heavy (non-hydrogen) atoms. The lowest BCUT2D eigenvalue weighted by molar-refractivity contribution is 0.0736. The van der Waals surface area contributed by atoms with E-state index in [1.807, 2.05) is 35.2 Å². The van der Waals surface area contributed by atoms with E-state index in [1.54, 1.807) is 13.0 Å². The van der Waals surface area contributed by atoms with Crippen LogP contribution in [0.2, 0.25) is 5.15 Å². The number of nitrogens with one attached hydrogen (secondary N) is 1. The first-order valence-corrected chi connectivity index (χ1v) is 9.39. The van der Waals surface area contributed by atoms with Gasteiger partial charge in [-0.2, -0.15) is 0 Å². The lowest BCUT2D eigenvalue weighted by Crippen LogP contribution is -2.35. The number of fused-ring (bicyclic) bond motifs is 1. The fourth-order valence-corrected chi connectivity index (χ4v) is 4.15. The number of hydrogen-bond acceptors (Lipinski definition) is 6. The van der Waals surface area contributed by atoms with E-state index in [4.69, 9.17) is 11.6 Å². The van der Waals surface area contributed by atoms with Crippen molar-refractivity contribution >= 4 is 39.8 Å². The van der Waals surface area contributed by atoms with Crippen molar-refractivity contribution in [1.82, 2.24) is 19.9 Å². The zero-order chi connectivity index (χ0) is 18.1. The average Bonchev–Trinajstić information content (AvgIpc) is 3.02. The lowest BCUT2D eigenvalue weighted by Gasteiger charge is -2.26. The van der Waals surface area contributed by atoms with Gasteiger partial charge in [0, 0.05) is 29.5 Å². The number of nitrogens with zero attached hydrogens (tertiary/aromatic N) is 4. The molecule has 0 fully saturated rings. The number of amides is 1. The van der Waals surface area contributed by atoms with Gasteiger partial charge in [-0.05, 0) is 19.1 Å². The molecule has 132 valence electrons. The predicted octanol–water partition coefficient (Wildman–Crippen LogP) is 3.84. The van der Waals surface area contributed by atoms with Crippen LogP contribution in [0, 0.1) is 6.92 Å².